The molecule has 0 aromatic carbocycles. The zero-order chi connectivity index (χ0) is 40.0. The Hall–Kier alpha value is -0.760. The number of aliphatic hydroxyl groups is 1. The van der Waals surface area contributed by atoms with Gasteiger partial charge in [-0.15, -0.1) is 0 Å². The third-order valence-corrected chi connectivity index (χ3v) is 11.5. The molecule has 0 aromatic rings. The summed E-state index contributed by atoms with van der Waals surface area (Å²) in [6, 6.07) is -0.878. The van der Waals surface area contributed by atoms with Crippen LogP contribution in [0.2, 0.25) is 0 Å². The molecule has 0 bridgehead atoms. The van der Waals surface area contributed by atoms with Crippen LogP contribution in [0.25, 0.3) is 0 Å². The molecule has 0 heterocycles. The van der Waals surface area contributed by atoms with Crippen LogP contribution in [0.4, 0.5) is 0 Å². The standard InChI is InChI=1S/C45H91N2O6P/c1-6-8-9-10-11-12-13-14-15-16-17-18-19-20-21-22-23-24-25-26-27-28-29-30-31-32-33-34-35-36-37-38-39-44(48)43(46-45(49)7-2)42-53-54(50,51)52-41-40-47(3,4)5/h38-39,43-44,48H,6-37,40-42H2,1-5H3,(H-,46,49,50,51)/b39-38+. The van der Waals surface area contributed by atoms with Crippen molar-refractivity contribution in [3.8, 4) is 0 Å². The number of allylic oxidation sites excluding steroid dienone is 1. The highest BCUT2D eigenvalue weighted by molar-refractivity contribution is 7.45. The van der Waals surface area contributed by atoms with Gasteiger partial charge >= 0.3 is 0 Å². The second-order valence-electron chi connectivity index (χ2n) is 17.1. The smallest absolute Gasteiger partial charge is 0.268 e. The second-order valence-corrected chi connectivity index (χ2v) is 18.5. The van der Waals surface area contributed by atoms with Crippen LogP contribution < -0.4 is 10.2 Å². The topological polar surface area (TPSA) is 108 Å². The summed E-state index contributed by atoms with van der Waals surface area (Å²) in [4.78, 5) is 24.1. The Morgan fingerprint density at radius 3 is 1.31 bits per heavy atom. The first kappa shape index (κ1) is 53.2. The molecule has 0 fully saturated rings. The first-order valence-corrected chi connectivity index (χ1v) is 24.5. The molecule has 3 atom stereocenters. The van der Waals surface area contributed by atoms with Crippen molar-refractivity contribution >= 4 is 13.7 Å². The van der Waals surface area contributed by atoms with E-state index in [9.17, 15) is 19.4 Å². The first-order chi connectivity index (χ1) is 26.0. The summed E-state index contributed by atoms with van der Waals surface area (Å²) < 4.78 is 22.7. The Morgan fingerprint density at radius 2 is 0.981 bits per heavy atom. The average Bonchev–Trinajstić information content (AvgIpc) is 3.12. The molecule has 0 aliphatic rings. The molecule has 0 saturated heterocycles. The summed E-state index contributed by atoms with van der Waals surface area (Å²) in [6.07, 6.45) is 45.3. The highest BCUT2D eigenvalue weighted by Crippen LogP contribution is 2.38. The lowest BCUT2D eigenvalue weighted by atomic mass is 10.0. The fourth-order valence-corrected chi connectivity index (χ4v) is 7.55. The van der Waals surface area contributed by atoms with Gasteiger partial charge in [0, 0.05) is 6.42 Å². The molecule has 2 N–H and O–H groups in total. The maximum absolute atomic E-state index is 12.2. The van der Waals surface area contributed by atoms with Crippen LogP contribution in [-0.4, -0.2) is 68.5 Å². The third-order valence-electron chi connectivity index (χ3n) is 10.6. The summed E-state index contributed by atoms with van der Waals surface area (Å²) in [5.74, 6) is -0.284. The quantitative estimate of drug-likeness (QED) is 0.0276. The zero-order valence-corrected chi connectivity index (χ0v) is 37.3. The van der Waals surface area contributed by atoms with E-state index in [0.717, 1.165) is 19.3 Å². The predicted octanol–water partition coefficient (Wildman–Crippen LogP) is 12.1. The maximum atomic E-state index is 12.2. The van der Waals surface area contributed by atoms with Gasteiger partial charge in [0.1, 0.15) is 13.2 Å². The van der Waals surface area contributed by atoms with E-state index in [-0.39, 0.29) is 25.5 Å². The minimum absolute atomic E-state index is 0.00157. The van der Waals surface area contributed by atoms with Crippen molar-refractivity contribution in [3.63, 3.8) is 0 Å². The summed E-state index contributed by atoms with van der Waals surface area (Å²) in [5, 5.41) is 13.3. The van der Waals surface area contributed by atoms with Gasteiger partial charge in [-0.25, -0.2) is 0 Å². The lowest BCUT2D eigenvalue weighted by Crippen LogP contribution is -2.45. The predicted molar refractivity (Wildman–Crippen MR) is 229 cm³/mol. The highest BCUT2D eigenvalue weighted by atomic mass is 31.2. The Balaban J connectivity index is 3.61. The van der Waals surface area contributed by atoms with Gasteiger partial charge in [0.05, 0.1) is 39.9 Å². The molecule has 0 aliphatic heterocycles. The van der Waals surface area contributed by atoms with Crippen LogP contribution in [0.1, 0.15) is 219 Å². The molecule has 0 aromatic heterocycles. The number of amides is 1. The van der Waals surface area contributed by atoms with Gasteiger partial charge in [-0.2, -0.15) is 0 Å². The van der Waals surface area contributed by atoms with Crippen LogP contribution in [-0.2, 0) is 18.4 Å². The van der Waals surface area contributed by atoms with E-state index in [4.69, 9.17) is 9.05 Å². The molecule has 0 radical (unpaired) electrons. The van der Waals surface area contributed by atoms with E-state index in [2.05, 4.69) is 12.2 Å². The van der Waals surface area contributed by atoms with E-state index in [1.54, 1.807) is 13.0 Å². The molecule has 0 spiro atoms. The van der Waals surface area contributed by atoms with Gasteiger partial charge in [-0.1, -0.05) is 212 Å². The molecule has 9 heteroatoms. The second kappa shape index (κ2) is 37.8. The minimum atomic E-state index is -4.55. The van der Waals surface area contributed by atoms with Crippen molar-refractivity contribution in [2.75, 3.05) is 40.9 Å². The lowest BCUT2D eigenvalue weighted by molar-refractivity contribution is -0.870. The Labute approximate surface area is 335 Å². The number of quaternary nitrogens is 1. The van der Waals surface area contributed by atoms with Crippen molar-refractivity contribution in [2.45, 2.75) is 231 Å². The van der Waals surface area contributed by atoms with Crippen LogP contribution in [0, 0.1) is 0 Å². The number of nitrogens with zero attached hydrogens (tertiary/aromatic N) is 1. The van der Waals surface area contributed by atoms with E-state index < -0.39 is 20.0 Å². The van der Waals surface area contributed by atoms with Gasteiger partial charge in [0.2, 0.25) is 5.91 Å². The number of carbonyl (C=O) groups is 1. The number of phosphoric ester groups is 1. The average molecular weight is 787 g/mol. The fraction of sp³-hybridized carbons (Fsp3) is 0.933. The molecule has 0 rings (SSSR count). The monoisotopic (exact) mass is 787 g/mol. The van der Waals surface area contributed by atoms with E-state index in [0.29, 0.717) is 11.0 Å². The Kier molecular flexibility index (Phi) is 37.3. The summed E-state index contributed by atoms with van der Waals surface area (Å²) in [6.45, 7) is 4.10. The summed E-state index contributed by atoms with van der Waals surface area (Å²) in [5.41, 5.74) is 0. The first-order valence-electron chi connectivity index (χ1n) is 23.1. The molecular weight excluding hydrogens is 695 g/mol. The lowest BCUT2D eigenvalue weighted by Gasteiger charge is -2.29. The molecule has 3 unspecified atom stereocenters. The number of rotatable bonds is 42. The normalized spacial score (nSPS) is 14.4. The number of hydrogen-bond donors (Lipinski definition) is 2. The molecule has 0 saturated carbocycles. The number of aliphatic hydroxyl groups excluding tert-OH is 1. The molecule has 1 amide bonds. The maximum Gasteiger partial charge on any atom is 0.268 e. The third kappa shape index (κ3) is 39.5. The number of unbranched alkanes of at least 4 members (excludes halogenated alkanes) is 30. The molecule has 322 valence electrons. The van der Waals surface area contributed by atoms with Gasteiger partial charge in [0.25, 0.3) is 7.82 Å². The highest BCUT2D eigenvalue weighted by Gasteiger charge is 2.22. The largest absolute Gasteiger partial charge is 0.756 e. The van der Waals surface area contributed by atoms with Gasteiger partial charge in [-0.3, -0.25) is 9.36 Å². The van der Waals surface area contributed by atoms with E-state index >= 15 is 0 Å². The van der Waals surface area contributed by atoms with Gasteiger partial charge in [0.15, 0.2) is 0 Å². The van der Waals surface area contributed by atoms with Crippen molar-refractivity contribution < 1.29 is 32.9 Å². The number of nitrogens with one attached hydrogen (secondary N) is 1. The van der Waals surface area contributed by atoms with Crippen molar-refractivity contribution in [3.05, 3.63) is 12.2 Å². The van der Waals surface area contributed by atoms with Crippen LogP contribution in [0.5, 0.6) is 0 Å². The molecule has 54 heavy (non-hydrogen) atoms. The Bertz CT molecular complexity index is 896. The summed E-state index contributed by atoms with van der Waals surface area (Å²) in [7, 11) is 1.26. The SMILES string of the molecule is CCCCCCCCCCCCCCCCCCCCCCCCCCCCCCCC/C=C/C(O)C(COP(=O)([O-])OCC[N+](C)(C)C)NC(=O)CC. The minimum Gasteiger partial charge on any atom is -0.756 e. The number of carbonyl (C=O) groups excluding carboxylic acids is 1. The zero-order valence-electron chi connectivity index (χ0n) is 36.4. The van der Waals surface area contributed by atoms with Crippen LogP contribution in [0.15, 0.2) is 12.2 Å². The number of likely N-dealkylation sites (N-methyl/N-ethyl adjacent to an activating group) is 1. The van der Waals surface area contributed by atoms with Crippen molar-refractivity contribution in [1.29, 1.82) is 0 Å². The summed E-state index contributed by atoms with van der Waals surface area (Å²) >= 11 is 0. The molecule has 0 aliphatic carbocycles. The molecular formula is C45H91N2O6P. The van der Waals surface area contributed by atoms with Crippen LogP contribution in [0.3, 0.4) is 0 Å². The van der Waals surface area contributed by atoms with Gasteiger partial charge in [-0.05, 0) is 12.8 Å². The number of phosphoric acid groups is 1. The van der Waals surface area contributed by atoms with Crippen molar-refractivity contribution in [1.82, 2.24) is 5.32 Å². The number of hydrogen-bond acceptors (Lipinski definition) is 6. The fourth-order valence-electron chi connectivity index (χ4n) is 6.82. The van der Waals surface area contributed by atoms with Gasteiger partial charge < -0.3 is 28.8 Å². The van der Waals surface area contributed by atoms with E-state index in [1.807, 2.05) is 27.2 Å². The van der Waals surface area contributed by atoms with Crippen molar-refractivity contribution in [2.24, 2.45) is 0 Å². The molecule has 8 nitrogen and oxygen atoms in total. The van der Waals surface area contributed by atoms with E-state index in [1.165, 1.54) is 180 Å². The van der Waals surface area contributed by atoms with Crippen LogP contribution >= 0.6 is 7.82 Å². The Morgan fingerprint density at radius 1 is 0.630 bits per heavy atom.